The van der Waals surface area contributed by atoms with E-state index < -0.39 is 5.60 Å². The average Bonchev–Trinajstić information content (AvgIpc) is 2.60. The van der Waals surface area contributed by atoms with Gasteiger partial charge >= 0.3 is 0 Å². The topological polar surface area (TPSA) is 58.0 Å². The Labute approximate surface area is 88.8 Å². The van der Waals surface area contributed by atoms with Crippen molar-refractivity contribution < 1.29 is 5.11 Å². The number of nitrogens with one attached hydrogen (secondary N) is 1. The highest BCUT2D eigenvalue weighted by molar-refractivity contribution is 5.18. The third-order valence-electron chi connectivity index (χ3n) is 3.60. The normalized spacial score (nSPS) is 39.3. The average molecular weight is 205 g/mol. The molecule has 2 N–H and O–H groups in total. The minimum absolute atomic E-state index is 0.467. The van der Waals surface area contributed by atoms with Crippen LogP contribution in [0.4, 0.5) is 0 Å². The Bertz CT molecular complexity index is 342. The van der Waals surface area contributed by atoms with Crippen LogP contribution in [0.3, 0.4) is 0 Å². The van der Waals surface area contributed by atoms with Crippen LogP contribution in [0.25, 0.3) is 0 Å². The molecule has 15 heavy (non-hydrogen) atoms. The Kier molecular flexibility index (Phi) is 2.00. The first kappa shape index (κ1) is 9.24. The zero-order valence-corrected chi connectivity index (χ0v) is 8.56. The van der Waals surface area contributed by atoms with Crippen LogP contribution in [0.5, 0.6) is 0 Å². The molecule has 4 heteroatoms. The summed E-state index contributed by atoms with van der Waals surface area (Å²) in [7, 11) is 0. The van der Waals surface area contributed by atoms with Crippen molar-refractivity contribution in [1.29, 1.82) is 0 Å². The van der Waals surface area contributed by atoms with Crippen LogP contribution in [-0.2, 0) is 5.60 Å². The van der Waals surface area contributed by atoms with E-state index in [1.54, 1.807) is 12.4 Å². The van der Waals surface area contributed by atoms with Gasteiger partial charge in [-0.05, 0) is 25.7 Å². The van der Waals surface area contributed by atoms with Crippen LogP contribution >= 0.6 is 0 Å². The predicted octanol–water partition coefficient (Wildman–Crippen LogP) is 0.579. The molecule has 0 aromatic carbocycles. The minimum atomic E-state index is -0.710. The van der Waals surface area contributed by atoms with Crippen LogP contribution in [0.1, 0.15) is 31.2 Å². The molecular formula is C11H15N3O. The van der Waals surface area contributed by atoms with Gasteiger partial charge in [-0.2, -0.15) is 0 Å². The lowest BCUT2D eigenvalue weighted by Gasteiger charge is -2.36. The predicted molar refractivity (Wildman–Crippen MR) is 55.1 cm³/mol. The number of piperidine rings is 1. The molecule has 0 amide bonds. The summed E-state index contributed by atoms with van der Waals surface area (Å²) in [6, 6.07) is 0.933. The number of nitrogens with zero attached hydrogens (tertiary/aromatic N) is 2. The lowest BCUT2D eigenvalue weighted by atomic mass is 9.83. The second-order valence-electron chi connectivity index (χ2n) is 4.70. The molecule has 2 atom stereocenters. The first-order chi connectivity index (χ1) is 7.26. The molecular weight excluding hydrogens is 190 g/mol. The molecule has 0 spiro atoms. The van der Waals surface area contributed by atoms with E-state index in [0.29, 0.717) is 12.1 Å². The maximum atomic E-state index is 10.6. The molecule has 3 heterocycles. The fraction of sp³-hybridized carbons (Fsp3) is 0.636. The van der Waals surface area contributed by atoms with Crippen molar-refractivity contribution >= 4 is 0 Å². The summed E-state index contributed by atoms with van der Waals surface area (Å²) >= 11 is 0. The fourth-order valence-electron chi connectivity index (χ4n) is 2.90. The van der Waals surface area contributed by atoms with E-state index in [0.717, 1.165) is 18.4 Å². The number of hydrogen-bond acceptors (Lipinski definition) is 4. The fourth-order valence-corrected chi connectivity index (χ4v) is 2.90. The van der Waals surface area contributed by atoms with E-state index >= 15 is 0 Å². The lowest BCUT2D eigenvalue weighted by Crippen LogP contribution is -2.46. The number of hydrogen-bond donors (Lipinski definition) is 2. The van der Waals surface area contributed by atoms with Gasteiger partial charge in [0.05, 0.1) is 5.60 Å². The van der Waals surface area contributed by atoms with Crippen molar-refractivity contribution in [3.8, 4) is 0 Å². The molecule has 1 aromatic rings. The molecule has 2 bridgehead atoms. The molecule has 0 aliphatic carbocycles. The molecule has 4 nitrogen and oxygen atoms in total. The Morgan fingerprint density at radius 2 is 1.80 bits per heavy atom. The van der Waals surface area contributed by atoms with E-state index in [1.165, 1.54) is 19.2 Å². The maximum Gasteiger partial charge on any atom is 0.115 e. The summed E-state index contributed by atoms with van der Waals surface area (Å²) < 4.78 is 0. The zero-order valence-electron chi connectivity index (χ0n) is 8.56. The van der Waals surface area contributed by atoms with Crippen LogP contribution in [0.15, 0.2) is 18.7 Å². The van der Waals surface area contributed by atoms with Gasteiger partial charge in [-0.15, -0.1) is 0 Å². The molecule has 80 valence electrons. The maximum absolute atomic E-state index is 10.6. The standard InChI is InChI=1S/C11H15N3O/c15-11(8-5-12-7-13-6-8)3-9-1-2-10(4-11)14-9/h5-7,9-10,14-15H,1-4H2. The monoisotopic (exact) mass is 205 g/mol. The van der Waals surface area contributed by atoms with Gasteiger partial charge < -0.3 is 10.4 Å². The van der Waals surface area contributed by atoms with E-state index in [1.807, 2.05) is 0 Å². The third-order valence-corrected chi connectivity index (χ3v) is 3.60. The summed E-state index contributed by atoms with van der Waals surface area (Å²) in [5.41, 5.74) is 0.154. The van der Waals surface area contributed by atoms with E-state index in [2.05, 4.69) is 15.3 Å². The van der Waals surface area contributed by atoms with Crippen molar-refractivity contribution in [3.63, 3.8) is 0 Å². The Morgan fingerprint density at radius 1 is 1.20 bits per heavy atom. The number of aromatic nitrogens is 2. The molecule has 0 radical (unpaired) electrons. The molecule has 2 aliphatic heterocycles. The van der Waals surface area contributed by atoms with Crippen molar-refractivity contribution in [3.05, 3.63) is 24.3 Å². The first-order valence-electron chi connectivity index (χ1n) is 5.50. The van der Waals surface area contributed by atoms with E-state index in [-0.39, 0.29) is 0 Å². The lowest BCUT2D eigenvalue weighted by molar-refractivity contribution is -0.0120. The van der Waals surface area contributed by atoms with Crippen molar-refractivity contribution in [2.75, 3.05) is 0 Å². The van der Waals surface area contributed by atoms with Crippen LogP contribution in [0, 0.1) is 0 Å². The first-order valence-corrected chi connectivity index (χ1v) is 5.50. The molecule has 2 fully saturated rings. The second-order valence-corrected chi connectivity index (χ2v) is 4.70. The summed E-state index contributed by atoms with van der Waals surface area (Å²) in [4.78, 5) is 7.97. The highest BCUT2D eigenvalue weighted by atomic mass is 16.3. The Morgan fingerprint density at radius 3 is 2.40 bits per heavy atom. The molecule has 2 aliphatic rings. The SMILES string of the molecule is OC1(c2cncnc2)CC2CCC(C1)N2. The van der Waals surface area contributed by atoms with Crippen molar-refractivity contribution in [1.82, 2.24) is 15.3 Å². The zero-order chi connectivity index (χ0) is 10.3. The van der Waals surface area contributed by atoms with Gasteiger partial charge in [0.25, 0.3) is 0 Å². The van der Waals surface area contributed by atoms with Gasteiger partial charge in [-0.1, -0.05) is 0 Å². The van der Waals surface area contributed by atoms with Crippen LogP contribution in [-0.4, -0.2) is 27.2 Å². The Balaban J connectivity index is 1.91. The third kappa shape index (κ3) is 1.54. The number of rotatable bonds is 1. The van der Waals surface area contributed by atoms with E-state index in [9.17, 15) is 5.11 Å². The quantitative estimate of drug-likeness (QED) is 0.704. The van der Waals surface area contributed by atoms with Gasteiger partial charge in [0.15, 0.2) is 0 Å². The molecule has 2 saturated heterocycles. The van der Waals surface area contributed by atoms with Gasteiger partial charge in [0.1, 0.15) is 6.33 Å². The molecule has 1 aromatic heterocycles. The Hall–Kier alpha value is -1.00. The summed E-state index contributed by atoms with van der Waals surface area (Å²) in [5, 5.41) is 14.1. The molecule has 2 unspecified atom stereocenters. The smallest absolute Gasteiger partial charge is 0.115 e. The van der Waals surface area contributed by atoms with Gasteiger partial charge in [-0.3, -0.25) is 0 Å². The largest absolute Gasteiger partial charge is 0.385 e. The van der Waals surface area contributed by atoms with E-state index in [4.69, 9.17) is 0 Å². The minimum Gasteiger partial charge on any atom is -0.385 e. The number of aliphatic hydroxyl groups is 1. The van der Waals surface area contributed by atoms with Gasteiger partial charge in [0, 0.05) is 30.0 Å². The van der Waals surface area contributed by atoms with Crippen LogP contribution in [0.2, 0.25) is 0 Å². The highest BCUT2D eigenvalue weighted by Crippen LogP contribution is 2.39. The summed E-state index contributed by atoms with van der Waals surface area (Å²) in [6.45, 7) is 0. The van der Waals surface area contributed by atoms with Gasteiger partial charge in [0.2, 0.25) is 0 Å². The highest BCUT2D eigenvalue weighted by Gasteiger charge is 2.43. The van der Waals surface area contributed by atoms with Gasteiger partial charge in [-0.25, -0.2) is 9.97 Å². The second kappa shape index (κ2) is 3.25. The van der Waals surface area contributed by atoms with Crippen molar-refractivity contribution in [2.24, 2.45) is 0 Å². The van der Waals surface area contributed by atoms with Crippen molar-refractivity contribution in [2.45, 2.75) is 43.4 Å². The number of fused-ring (bicyclic) bond motifs is 2. The van der Waals surface area contributed by atoms with Crippen LogP contribution < -0.4 is 5.32 Å². The summed E-state index contributed by atoms with van der Waals surface area (Å²) in [5.74, 6) is 0. The molecule has 0 saturated carbocycles. The molecule has 3 rings (SSSR count). The summed E-state index contributed by atoms with van der Waals surface area (Å²) in [6.07, 6.45) is 8.91.